The number of hydrogen-bond acceptors (Lipinski definition) is 8. The maximum Gasteiger partial charge on any atom is 0.453 e. The van der Waals surface area contributed by atoms with Crippen LogP contribution in [0.25, 0.3) is 17.2 Å². The van der Waals surface area contributed by atoms with Gasteiger partial charge in [-0.25, -0.2) is 24.5 Å². The number of amides is 1. The molecule has 0 bridgehead atoms. The normalized spacial score (nSPS) is 17.8. The van der Waals surface area contributed by atoms with Crippen molar-refractivity contribution in [3.63, 3.8) is 0 Å². The molecule has 0 aliphatic carbocycles. The van der Waals surface area contributed by atoms with Gasteiger partial charge in [-0.3, -0.25) is 9.78 Å². The lowest BCUT2D eigenvalue weighted by Gasteiger charge is -2.23. The van der Waals surface area contributed by atoms with Gasteiger partial charge in [-0.1, -0.05) is 6.07 Å². The van der Waals surface area contributed by atoms with E-state index in [9.17, 15) is 35.5 Å². The molecule has 0 fully saturated rings. The Labute approximate surface area is 219 Å². The maximum atomic E-state index is 13.6. The zero-order valence-electron chi connectivity index (χ0n) is 20.6. The molecule has 0 saturated heterocycles. The van der Waals surface area contributed by atoms with Gasteiger partial charge in [0.05, 0.1) is 17.5 Å². The first kappa shape index (κ1) is 27.1. The highest BCUT2D eigenvalue weighted by Gasteiger charge is 2.56. The topological polar surface area (TPSA) is 137 Å². The van der Waals surface area contributed by atoms with Crippen molar-refractivity contribution in [2.75, 3.05) is 11.1 Å². The molecule has 1 unspecified atom stereocenters. The summed E-state index contributed by atoms with van der Waals surface area (Å²) >= 11 is 0. The number of nitrogen functional groups attached to an aromatic ring is 1. The molecule has 3 N–H and O–H groups in total. The number of pyridine rings is 1. The standard InChI is InChI=1S/C23H18F7N9O/c1-20(10-3-4-13(32-7-10)21(2,24)25)14-15(31)36-16(37-17(14)38-19(20)40)12-8-39-18(33-9-34-39)11(35-12)5-6-22(26,27)23(28,29)30/h3-4,7-9H,5-6H2,1-2H3,(H3,31,36,37,38,40). The van der Waals surface area contributed by atoms with Crippen LogP contribution in [0.2, 0.25) is 0 Å². The van der Waals surface area contributed by atoms with E-state index in [1.54, 1.807) is 0 Å². The molecule has 5 rings (SSSR count). The third kappa shape index (κ3) is 4.34. The van der Waals surface area contributed by atoms with E-state index in [1.165, 1.54) is 19.2 Å². The minimum atomic E-state index is -5.75. The summed E-state index contributed by atoms with van der Waals surface area (Å²) in [6, 6.07) is 2.39. The lowest BCUT2D eigenvalue weighted by molar-refractivity contribution is -0.284. The van der Waals surface area contributed by atoms with Gasteiger partial charge >= 0.3 is 12.1 Å². The average molecular weight is 569 g/mol. The Kier molecular flexibility index (Phi) is 5.96. The molecule has 0 radical (unpaired) electrons. The molecule has 1 aliphatic heterocycles. The summed E-state index contributed by atoms with van der Waals surface area (Å²) in [5.41, 5.74) is 4.18. The van der Waals surface area contributed by atoms with Gasteiger partial charge in [-0.2, -0.15) is 35.8 Å². The molecule has 0 spiro atoms. The Hall–Kier alpha value is -4.44. The summed E-state index contributed by atoms with van der Waals surface area (Å²) in [6.45, 7) is 2.16. The zero-order valence-corrected chi connectivity index (χ0v) is 20.6. The van der Waals surface area contributed by atoms with Gasteiger partial charge in [0, 0.05) is 19.5 Å². The van der Waals surface area contributed by atoms with Crippen LogP contribution < -0.4 is 11.1 Å². The van der Waals surface area contributed by atoms with Gasteiger partial charge in [0.2, 0.25) is 5.91 Å². The van der Waals surface area contributed by atoms with Crippen LogP contribution in [0.1, 0.15) is 42.8 Å². The Bertz CT molecular complexity index is 1630. The van der Waals surface area contributed by atoms with Crippen molar-refractivity contribution in [3.8, 4) is 11.5 Å². The van der Waals surface area contributed by atoms with Crippen molar-refractivity contribution in [1.82, 2.24) is 34.5 Å². The predicted octanol–water partition coefficient (Wildman–Crippen LogP) is 4.06. The highest BCUT2D eigenvalue weighted by atomic mass is 19.4. The molecular weight excluding hydrogens is 551 g/mol. The highest BCUT2D eigenvalue weighted by molar-refractivity contribution is 6.09. The molecular formula is C23H18F7N9O. The first-order chi connectivity index (χ1) is 18.5. The van der Waals surface area contributed by atoms with Crippen LogP contribution in [0.3, 0.4) is 0 Å². The number of carbonyl (C=O) groups is 1. The number of fused-ring (bicyclic) bond motifs is 2. The zero-order chi connectivity index (χ0) is 29.3. The summed E-state index contributed by atoms with van der Waals surface area (Å²) in [5.74, 6) is -9.20. The molecule has 4 aromatic heterocycles. The number of carbonyl (C=O) groups excluding carboxylic acids is 1. The molecule has 1 aliphatic rings. The fourth-order valence-electron chi connectivity index (χ4n) is 4.33. The number of hydrogen-bond donors (Lipinski definition) is 2. The molecule has 4 aromatic rings. The number of rotatable bonds is 6. The van der Waals surface area contributed by atoms with E-state index >= 15 is 0 Å². The first-order valence-corrected chi connectivity index (χ1v) is 11.5. The van der Waals surface area contributed by atoms with Crippen LogP contribution in [0.4, 0.5) is 42.4 Å². The quantitative estimate of drug-likeness (QED) is 0.332. The fraction of sp³-hybridized carbons (Fsp3) is 0.348. The largest absolute Gasteiger partial charge is 0.453 e. The van der Waals surface area contributed by atoms with Gasteiger partial charge in [0.1, 0.15) is 34.8 Å². The monoisotopic (exact) mass is 569 g/mol. The second-order valence-electron chi connectivity index (χ2n) is 9.36. The van der Waals surface area contributed by atoms with E-state index < -0.39 is 47.9 Å². The van der Waals surface area contributed by atoms with Crippen molar-refractivity contribution in [3.05, 3.63) is 53.4 Å². The lowest BCUT2D eigenvalue weighted by atomic mass is 9.78. The molecule has 5 heterocycles. The van der Waals surface area contributed by atoms with E-state index in [1.807, 2.05) is 0 Å². The number of aromatic nitrogens is 7. The molecule has 10 nitrogen and oxygen atoms in total. The van der Waals surface area contributed by atoms with Crippen molar-refractivity contribution in [1.29, 1.82) is 0 Å². The van der Waals surface area contributed by atoms with E-state index in [2.05, 4.69) is 35.3 Å². The maximum absolute atomic E-state index is 13.6. The number of nitrogens with zero attached hydrogens (tertiary/aromatic N) is 7. The van der Waals surface area contributed by atoms with Crippen molar-refractivity contribution >= 4 is 23.2 Å². The number of nitrogens with one attached hydrogen (secondary N) is 1. The molecule has 17 heteroatoms. The van der Waals surface area contributed by atoms with Crippen LogP contribution >= 0.6 is 0 Å². The third-order valence-electron chi connectivity index (χ3n) is 6.56. The Morgan fingerprint density at radius 3 is 2.40 bits per heavy atom. The number of nitrogens with two attached hydrogens (primary N) is 1. The van der Waals surface area contributed by atoms with E-state index in [4.69, 9.17) is 5.73 Å². The van der Waals surface area contributed by atoms with Crippen LogP contribution in [0.5, 0.6) is 0 Å². The van der Waals surface area contributed by atoms with Crippen LogP contribution in [0.15, 0.2) is 30.9 Å². The summed E-state index contributed by atoms with van der Waals surface area (Å²) in [5, 5.41) is 6.45. The van der Waals surface area contributed by atoms with Crippen LogP contribution in [-0.4, -0.2) is 52.5 Å². The fourth-order valence-corrected chi connectivity index (χ4v) is 4.33. The minimum absolute atomic E-state index is 0.0365. The van der Waals surface area contributed by atoms with Crippen molar-refractivity contribution in [2.24, 2.45) is 0 Å². The molecule has 0 aromatic carbocycles. The molecule has 1 amide bonds. The molecule has 210 valence electrons. The minimum Gasteiger partial charge on any atom is -0.383 e. The van der Waals surface area contributed by atoms with Gasteiger partial charge in [0.15, 0.2) is 11.5 Å². The van der Waals surface area contributed by atoms with Gasteiger partial charge in [-0.15, -0.1) is 0 Å². The van der Waals surface area contributed by atoms with E-state index in [-0.39, 0.29) is 45.6 Å². The SMILES string of the molecule is CC(F)(F)c1ccc(C2(C)C(=O)Nc3nc(-c4cn5ncnc5c(CCC(F)(F)C(F)(F)F)n4)nc(N)c32)cn1. The van der Waals surface area contributed by atoms with Crippen molar-refractivity contribution < 1.29 is 35.5 Å². The third-order valence-corrected chi connectivity index (χ3v) is 6.56. The molecule has 0 saturated carbocycles. The Balaban J connectivity index is 1.54. The lowest BCUT2D eigenvalue weighted by Crippen LogP contribution is -2.36. The number of aryl methyl sites for hydroxylation is 1. The average Bonchev–Trinajstić information content (AvgIpc) is 3.44. The summed E-state index contributed by atoms with van der Waals surface area (Å²) in [7, 11) is 0. The van der Waals surface area contributed by atoms with Gasteiger partial charge < -0.3 is 11.1 Å². The van der Waals surface area contributed by atoms with Crippen LogP contribution in [0, 0.1) is 0 Å². The summed E-state index contributed by atoms with van der Waals surface area (Å²) in [4.78, 5) is 33.3. The second-order valence-corrected chi connectivity index (χ2v) is 9.36. The molecule has 40 heavy (non-hydrogen) atoms. The Morgan fingerprint density at radius 2 is 1.77 bits per heavy atom. The summed E-state index contributed by atoms with van der Waals surface area (Å²) in [6.07, 6.45) is -4.70. The predicted molar refractivity (Wildman–Crippen MR) is 124 cm³/mol. The van der Waals surface area contributed by atoms with E-state index in [0.29, 0.717) is 6.92 Å². The van der Waals surface area contributed by atoms with Gasteiger partial charge in [0.25, 0.3) is 5.92 Å². The smallest absolute Gasteiger partial charge is 0.383 e. The summed E-state index contributed by atoms with van der Waals surface area (Å²) < 4.78 is 93.6. The number of alkyl halides is 7. The Morgan fingerprint density at radius 1 is 1.05 bits per heavy atom. The highest BCUT2D eigenvalue weighted by Crippen LogP contribution is 2.45. The van der Waals surface area contributed by atoms with E-state index in [0.717, 1.165) is 23.1 Å². The number of halogens is 7. The van der Waals surface area contributed by atoms with Crippen molar-refractivity contribution in [2.45, 2.75) is 50.1 Å². The van der Waals surface area contributed by atoms with Gasteiger partial charge in [-0.05, 0) is 25.0 Å². The second kappa shape index (κ2) is 8.79. The molecule has 1 atom stereocenters. The van der Waals surface area contributed by atoms with Crippen LogP contribution in [-0.2, 0) is 22.6 Å². The number of anilines is 2. The first-order valence-electron chi connectivity index (χ1n) is 11.5.